The van der Waals surface area contributed by atoms with Gasteiger partial charge in [-0.05, 0) is 11.1 Å². The van der Waals surface area contributed by atoms with Gasteiger partial charge in [0.15, 0.2) is 0 Å². The van der Waals surface area contributed by atoms with Crippen molar-refractivity contribution < 1.29 is 42.9 Å². The molecule has 4 aliphatic rings. The van der Waals surface area contributed by atoms with Crippen molar-refractivity contribution in [3.8, 4) is 0 Å². The average Bonchev–Trinajstić information content (AvgIpc) is 3.52. The van der Waals surface area contributed by atoms with E-state index in [1.54, 1.807) is 0 Å². The van der Waals surface area contributed by atoms with Crippen LogP contribution in [0.3, 0.4) is 0 Å². The summed E-state index contributed by atoms with van der Waals surface area (Å²) in [5.41, 5.74) is 2.93. The van der Waals surface area contributed by atoms with Crippen LogP contribution >= 0.6 is 0 Å². The van der Waals surface area contributed by atoms with Crippen molar-refractivity contribution in [1.29, 1.82) is 0 Å². The number of rotatable bonds is 0. The molecule has 0 N–H and O–H groups in total. The van der Waals surface area contributed by atoms with Gasteiger partial charge in [-0.15, -0.1) is 0 Å². The van der Waals surface area contributed by atoms with Crippen LogP contribution < -0.4 is 0 Å². The van der Waals surface area contributed by atoms with Gasteiger partial charge in [-0.3, -0.25) is 0 Å². The molecule has 0 spiro atoms. The van der Waals surface area contributed by atoms with E-state index in [1.807, 2.05) is 24.3 Å². The van der Waals surface area contributed by atoms with Crippen LogP contribution in [0.25, 0.3) is 0 Å². The minimum Gasteiger partial charge on any atom is -0.460 e. The lowest BCUT2D eigenvalue weighted by Crippen LogP contribution is -2.25. The topological polar surface area (TPSA) is 123 Å². The second kappa shape index (κ2) is 11.7. The molecule has 0 radical (unpaired) electrons. The monoisotopic (exact) mass is 462 g/mol. The third-order valence-electron chi connectivity index (χ3n) is 5.10. The Morgan fingerprint density at radius 3 is 1.33 bits per heavy atom. The highest BCUT2D eigenvalue weighted by Crippen LogP contribution is 2.21. The zero-order valence-electron chi connectivity index (χ0n) is 18.1. The van der Waals surface area contributed by atoms with Crippen molar-refractivity contribution in [2.75, 3.05) is 52.9 Å². The van der Waals surface area contributed by atoms with Gasteiger partial charge in [0.2, 0.25) is 12.2 Å². The van der Waals surface area contributed by atoms with Crippen LogP contribution in [0.15, 0.2) is 34.6 Å². The fraction of sp³-hybridized carbons (Fsp3) is 0.545. The third-order valence-corrected chi connectivity index (χ3v) is 5.10. The Bertz CT molecular complexity index is 813. The van der Waals surface area contributed by atoms with Crippen LogP contribution in [-0.4, -0.2) is 88.4 Å². The number of esters is 2. The van der Waals surface area contributed by atoms with Crippen LogP contribution in [-0.2, 0) is 42.9 Å². The lowest BCUT2D eigenvalue weighted by molar-refractivity contribution is -0.157. The second-order valence-corrected chi connectivity index (χ2v) is 7.42. The van der Waals surface area contributed by atoms with E-state index in [0.717, 1.165) is 11.1 Å². The Hall–Kier alpha value is -3.02. The zero-order valence-corrected chi connectivity index (χ0v) is 18.1. The van der Waals surface area contributed by atoms with E-state index in [-0.39, 0.29) is 26.4 Å². The fourth-order valence-corrected chi connectivity index (χ4v) is 3.33. The quantitative estimate of drug-likeness (QED) is 0.407. The molecule has 11 heteroatoms. The Labute approximate surface area is 190 Å². The van der Waals surface area contributed by atoms with E-state index < -0.39 is 24.1 Å². The molecule has 11 nitrogen and oxygen atoms in total. The summed E-state index contributed by atoms with van der Waals surface area (Å²) in [5, 5.41) is 8.05. The standard InChI is InChI=1S/C22H26N2O9/c25-21-19-13-17(23-32-19)15-1-2-16(4-3-15)18-14-20(33-24-18)22(26)31-12-10-29-8-6-27-5-7-28-9-11-30-21/h1-4,19-20H,5-14H2/t19-,20-/m1/s1. The molecule has 6 bridgehead atoms. The summed E-state index contributed by atoms with van der Waals surface area (Å²) in [6.07, 6.45) is -0.937. The first kappa shape index (κ1) is 23.1. The molecule has 0 aromatic heterocycles. The van der Waals surface area contributed by atoms with Crippen molar-refractivity contribution in [2.24, 2.45) is 10.3 Å². The molecule has 4 heterocycles. The molecule has 178 valence electrons. The number of ether oxygens (including phenoxy) is 5. The van der Waals surface area contributed by atoms with Crippen molar-refractivity contribution in [3.05, 3.63) is 35.4 Å². The first-order chi connectivity index (χ1) is 16.2. The number of fused-ring (bicyclic) bond motifs is 16. The number of carbonyl (C=O) groups is 2. The number of carbonyl (C=O) groups excluding carboxylic acids is 2. The average molecular weight is 462 g/mol. The van der Waals surface area contributed by atoms with E-state index in [1.165, 1.54) is 0 Å². The van der Waals surface area contributed by atoms with E-state index in [0.29, 0.717) is 50.7 Å². The number of oxime groups is 2. The predicted molar refractivity (Wildman–Crippen MR) is 113 cm³/mol. The molecule has 4 aliphatic heterocycles. The van der Waals surface area contributed by atoms with Crippen molar-refractivity contribution >= 4 is 23.4 Å². The number of hydrogen-bond donors (Lipinski definition) is 0. The minimum atomic E-state index is -0.781. The maximum Gasteiger partial charge on any atom is 0.350 e. The Morgan fingerprint density at radius 1 is 0.576 bits per heavy atom. The molecule has 0 amide bonds. The zero-order chi connectivity index (χ0) is 22.9. The summed E-state index contributed by atoms with van der Waals surface area (Å²) in [4.78, 5) is 34.9. The third kappa shape index (κ3) is 6.50. The highest BCUT2D eigenvalue weighted by atomic mass is 16.7. The number of hydrogen-bond acceptors (Lipinski definition) is 11. The molecule has 0 saturated heterocycles. The molecule has 0 unspecified atom stereocenters. The van der Waals surface area contributed by atoms with Crippen molar-refractivity contribution in [1.82, 2.24) is 0 Å². The van der Waals surface area contributed by atoms with Gasteiger partial charge in [0.05, 0.1) is 51.1 Å². The highest BCUT2D eigenvalue weighted by Gasteiger charge is 2.32. The van der Waals surface area contributed by atoms with Gasteiger partial charge in [-0.2, -0.15) is 0 Å². The summed E-state index contributed by atoms with van der Waals surface area (Å²) in [7, 11) is 0. The first-order valence-corrected chi connectivity index (χ1v) is 10.8. The highest BCUT2D eigenvalue weighted by molar-refractivity contribution is 6.06. The SMILES string of the molecule is O=C1OCCOCCOCCOCCOC(=O)[C@H]2CC(=NO2)c2ccc(cc2)C2=NO[C@@H]1C2. The van der Waals surface area contributed by atoms with Gasteiger partial charge >= 0.3 is 11.9 Å². The molecular formula is C22H26N2O9. The fourth-order valence-electron chi connectivity index (χ4n) is 3.33. The summed E-state index contributed by atoms with van der Waals surface area (Å²) in [5.74, 6) is -0.966. The summed E-state index contributed by atoms with van der Waals surface area (Å²) >= 11 is 0. The molecule has 33 heavy (non-hydrogen) atoms. The van der Waals surface area contributed by atoms with Gasteiger partial charge in [0, 0.05) is 12.8 Å². The first-order valence-electron chi connectivity index (χ1n) is 10.8. The molecule has 0 aliphatic carbocycles. The minimum absolute atomic E-state index is 0.121. The van der Waals surface area contributed by atoms with Gasteiger partial charge in [-0.25, -0.2) is 9.59 Å². The van der Waals surface area contributed by atoms with Gasteiger partial charge < -0.3 is 33.4 Å². The Balaban J connectivity index is 1.35. The maximum atomic E-state index is 12.2. The van der Waals surface area contributed by atoms with Crippen molar-refractivity contribution in [3.63, 3.8) is 0 Å². The normalized spacial score (nSPS) is 25.5. The van der Waals surface area contributed by atoms with Crippen LogP contribution in [0.5, 0.6) is 0 Å². The number of nitrogens with zero attached hydrogens (tertiary/aromatic N) is 2. The molecular weight excluding hydrogens is 436 g/mol. The van der Waals surface area contributed by atoms with Gasteiger partial charge in [0.1, 0.15) is 13.2 Å². The summed E-state index contributed by atoms with van der Waals surface area (Å²) in [6.45, 7) is 2.25. The summed E-state index contributed by atoms with van der Waals surface area (Å²) in [6, 6.07) is 7.42. The largest absolute Gasteiger partial charge is 0.460 e. The Morgan fingerprint density at radius 2 is 0.939 bits per heavy atom. The van der Waals surface area contributed by atoms with E-state index in [4.69, 9.17) is 33.4 Å². The lowest BCUT2D eigenvalue weighted by Gasteiger charge is -2.10. The summed E-state index contributed by atoms with van der Waals surface area (Å²) < 4.78 is 26.5. The van der Waals surface area contributed by atoms with Crippen LogP contribution in [0.2, 0.25) is 0 Å². The van der Waals surface area contributed by atoms with Crippen molar-refractivity contribution in [2.45, 2.75) is 25.0 Å². The van der Waals surface area contributed by atoms with Crippen LogP contribution in [0, 0.1) is 0 Å². The van der Waals surface area contributed by atoms with E-state index in [2.05, 4.69) is 10.3 Å². The Kier molecular flexibility index (Phi) is 8.23. The predicted octanol–water partition coefficient (Wildman–Crippen LogP) is 0.822. The molecule has 2 atom stereocenters. The van der Waals surface area contributed by atoms with Gasteiger partial charge in [0.25, 0.3) is 0 Å². The van der Waals surface area contributed by atoms with E-state index in [9.17, 15) is 9.59 Å². The lowest BCUT2D eigenvalue weighted by atomic mass is 10.00. The maximum absolute atomic E-state index is 12.2. The molecule has 0 saturated carbocycles. The molecule has 0 fully saturated rings. The number of benzene rings is 1. The smallest absolute Gasteiger partial charge is 0.350 e. The second-order valence-electron chi connectivity index (χ2n) is 7.42. The molecule has 1 aromatic rings. The van der Waals surface area contributed by atoms with E-state index >= 15 is 0 Å². The van der Waals surface area contributed by atoms with Crippen LogP contribution in [0.1, 0.15) is 24.0 Å². The molecule has 5 rings (SSSR count). The van der Waals surface area contributed by atoms with Gasteiger partial charge in [-0.1, -0.05) is 34.6 Å². The molecule has 1 aromatic carbocycles. The van der Waals surface area contributed by atoms with Crippen LogP contribution in [0.4, 0.5) is 0 Å².